The minimum Gasteiger partial charge on any atom is -0.493 e. The van der Waals surface area contributed by atoms with E-state index in [2.05, 4.69) is 0 Å². The lowest BCUT2D eigenvalue weighted by atomic mass is 10.1. The van der Waals surface area contributed by atoms with E-state index in [-0.39, 0.29) is 47.0 Å². The van der Waals surface area contributed by atoms with Gasteiger partial charge in [-0.1, -0.05) is 29.8 Å². The maximum Gasteiger partial charge on any atom is 0.255 e. The summed E-state index contributed by atoms with van der Waals surface area (Å²) in [7, 11) is 5.16. The third kappa shape index (κ3) is 6.33. The van der Waals surface area contributed by atoms with E-state index in [0.29, 0.717) is 18.7 Å². The van der Waals surface area contributed by atoms with Gasteiger partial charge < -0.3 is 25.0 Å². The van der Waals surface area contributed by atoms with E-state index < -0.39 is 5.91 Å². The molecule has 2 N–H and O–H groups in total. The summed E-state index contributed by atoms with van der Waals surface area (Å²) in [6.45, 7) is 0.676. The highest BCUT2D eigenvalue weighted by Gasteiger charge is 2.22. The molecular formula is C21H25ClFN3O4. The Kier molecular flexibility index (Phi) is 8.44. The van der Waals surface area contributed by atoms with Gasteiger partial charge in [0.05, 0.1) is 12.1 Å². The van der Waals surface area contributed by atoms with E-state index in [9.17, 15) is 14.0 Å². The molecule has 162 valence electrons. The number of hydrogen-bond acceptors (Lipinski definition) is 5. The van der Waals surface area contributed by atoms with Crippen molar-refractivity contribution in [2.24, 2.45) is 5.73 Å². The lowest BCUT2D eigenvalue weighted by molar-refractivity contribution is -0.119. The third-order valence-corrected chi connectivity index (χ3v) is 4.54. The Bertz CT molecular complexity index is 908. The van der Waals surface area contributed by atoms with E-state index in [0.717, 1.165) is 0 Å². The van der Waals surface area contributed by atoms with Gasteiger partial charge in [0.25, 0.3) is 11.8 Å². The summed E-state index contributed by atoms with van der Waals surface area (Å²) in [5, 5.41) is 0.0948. The molecule has 0 aliphatic carbocycles. The van der Waals surface area contributed by atoms with Crippen LogP contribution in [-0.4, -0.2) is 62.5 Å². The first-order valence-corrected chi connectivity index (χ1v) is 9.56. The maximum absolute atomic E-state index is 14.2. The molecular weight excluding hydrogens is 413 g/mol. The fourth-order valence-corrected chi connectivity index (χ4v) is 2.98. The van der Waals surface area contributed by atoms with E-state index in [1.54, 1.807) is 18.2 Å². The van der Waals surface area contributed by atoms with E-state index in [1.807, 2.05) is 19.0 Å². The number of amides is 2. The average Bonchev–Trinajstić information content (AvgIpc) is 2.70. The lowest BCUT2D eigenvalue weighted by Crippen LogP contribution is -2.36. The summed E-state index contributed by atoms with van der Waals surface area (Å²) in [6, 6.07) is 9.20. The number of likely N-dealkylation sites (N-methyl/N-ethyl adjacent to an activating group) is 1. The highest BCUT2D eigenvalue weighted by atomic mass is 35.5. The number of primary amides is 1. The molecule has 7 nitrogen and oxygen atoms in total. The van der Waals surface area contributed by atoms with Crippen molar-refractivity contribution < 1.29 is 23.5 Å². The van der Waals surface area contributed by atoms with Gasteiger partial charge in [-0.25, -0.2) is 4.39 Å². The van der Waals surface area contributed by atoms with Crippen LogP contribution in [0, 0.1) is 5.82 Å². The number of nitrogens with two attached hydrogens (primary N) is 1. The standard InChI is InChI=1S/C21H25ClFN3O4/c1-25(2)8-9-26(12-14-6-4-5-7-17(14)23)21(28)15-10-16(22)20(18(11-15)29-3)30-13-19(24)27/h4-7,10-11H,8-9,12-13H2,1-3H3,(H2,24,27). The van der Waals surface area contributed by atoms with E-state index >= 15 is 0 Å². The summed E-state index contributed by atoms with van der Waals surface area (Å²) >= 11 is 6.26. The number of rotatable bonds is 10. The molecule has 0 aliphatic heterocycles. The number of hydrogen-bond donors (Lipinski definition) is 1. The average molecular weight is 438 g/mol. The van der Waals surface area contributed by atoms with E-state index in [1.165, 1.54) is 30.2 Å². The Morgan fingerprint density at radius 1 is 1.17 bits per heavy atom. The zero-order valence-corrected chi connectivity index (χ0v) is 17.9. The van der Waals surface area contributed by atoms with Crippen LogP contribution in [0.2, 0.25) is 5.02 Å². The molecule has 0 bridgehead atoms. The molecule has 2 rings (SSSR count). The van der Waals surface area contributed by atoms with Gasteiger partial charge in [0, 0.05) is 30.8 Å². The van der Waals surface area contributed by atoms with Crippen molar-refractivity contribution in [2.45, 2.75) is 6.54 Å². The highest BCUT2D eigenvalue weighted by Crippen LogP contribution is 2.36. The molecule has 0 aliphatic rings. The van der Waals surface area contributed by atoms with Crippen LogP contribution in [0.5, 0.6) is 11.5 Å². The number of carbonyl (C=O) groups is 2. The monoisotopic (exact) mass is 437 g/mol. The molecule has 0 atom stereocenters. The topological polar surface area (TPSA) is 85.1 Å². The van der Waals surface area contributed by atoms with Crippen LogP contribution in [0.15, 0.2) is 36.4 Å². The largest absolute Gasteiger partial charge is 0.493 e. The number of nitrogens with zero attached hydrogens (tertiary/aromatic N) is 2. The SMILES string of the molecule is COc1cc(C(=O)N(CCN(C)C)Cc2ccccc2F)cc(Cl)c1OCC(N)=O. The molecule has 0 radical (unpaired) electrons. The van der Waals surface area contributed by atoms with Crippen molar-refractivity contribution in [3.05, 3.63) is 58.4 Å². The van der Waals surface area contributed by atoms with Gasteiger partial charge in [-0.05, 0) is 32.3 Å². The first-order valence-electron chi connectivity index (χ1n) is 9.19. The summed E-state index contributed by atoms with van der Waals surface area (Å²) in [5.74, 6) is -1.10. The number of ether oxygens (including phenoxy) is 2. The predicted molar refractivity (Wildman–Crippen MR) is 112 cm³/mol. The minimum atomic E-state index is -0.673. The van der Waals surface area contributed by atoms with Gasteiger partial charge in [0.15, 0.2) is 18.1 Å². The highest BCUT2D eigenvalue weighted by molar-refractivity contribution is 6.32. The second kappa shape index (κ2) is 10.8. The quantitative estimate of drug-likeness (QED) is 0.617. The molecule has 0 fully saturated rings. The third-order valence-electron chi connectivity index (χ3n) is 4.26. The summed E-state index contributed by atoms with van der Waals surface area (Å²) in [5.41, 5.74) is 5.75. The number of benzene rings is 2. The van der Waals surface area contributed by atoms with Crippen molar-refractivity contribution in [2.75, 3.05) is 40.9 Å². The second-order valence-corrected chi connectivity index (χ2v) is 7.27. The Morgan fingerprint density at radius 3 is 2.47 bits per heavy atom. The van der Waals surface area contributed by atoms with Gasteiger partial charge >= 0.3 is 0 Å². The normalized spacial score (nSPS) is 10.7. The molecule has 0 spiro atoms. The Labute approximate surface area is 180 Å². The molecule has 0 heterocycles. The maximum atomic E-state index is 14.2. The van der Waals surface area contributed by atoms with Crippen LogP contribution in [0.3, 0.4) is 0 Å². The first kappa shape index (κ1) is 23.4. The molecule has 2 amide bonds. The minimum absolute atomic E-state index is 0.0948. The summed E-state index contributed by atoms with van der Waals surface area (Å²) in [6.07, 6.45) is 0. The van der Waals surface area contributed by atoms with Crippen LogP contribution in [0.4, 0.5) is 4.39 Å². The van der Waals surface area contributed by atoms with Crippen LogP contribution >= 0.6 is 11.6 Å². The molecule has 2 aromatic rings. The van der Waals surface area contributed by atoms with Gasteiger partial charge in [-0.3, -0.25) is 9.59 Å². The van der Waals surface area contributed by atoms with Crippen LogP contribution < -0.4 is 15.2 Å². The molecule has 0 saturated carbocycles. The van der Waals surface area contributed by atoms with Gasteiger partial charge in [-0.15, -0.1) is 0 Å². The fraction of sp³-hybridized carbons (Fsp3) is 0.333. The molecule has 2 aromatic carbocycles. The number of halogens is 2. The zero-order chi connectivity index (χ0) is 22.3. The summed E-state index contributed by atoms with van der Waals surface area (Å²) < 4.78 is 24.7. The van der Waals surface area contributed by atoms with Crippen LogP contribution in [0.1, 0.15) is 15.9 Å². The van der Waals surface area contributed by atoms with Crippen molar-refractivity contribution >= 4 is 23.4 Å². The smallest absolute Gasteiger partial charge is 0.255 e. The predicted octanol–water partition coefficient (Wildman–Crippen LogP) is 2.56. The van der Waals surface area contributed by atoms with Gasteiger partial charge in [-0.2, -0.15) is 0 Å². The van der Waals surface area contributed by atoms with Crippen molar-refractivity contribution in [1.29, 1.82) is 0 Å². The first-order chi connectivity index (χ1) is 14.2. The zero-order valence-electron chi connectivity index (χ0n) is 17.2. The van der Waals surface area contributed by atoms with Crippen molar-refractivity contribution in [3.8, 4) is 11.5 Å². The Morgan fingerprint density at radius 2 is 1.87 bits per heavy atom. The molecule has 0 aromatic heterocycles. The molecule has 30 heavy (non-hydrogen) atoms. The molecule has 9 heteroatoms. The van der Waals surface area contributed by atoms with Gasteiger partial charge in [0.1, 0.15) is 5.82 Å². The molecule has 0 saturated heterocycles. The van der Waals surface area contributed by atoms with Crippen molar-refractivity contribution in [3.63, 3.8) is 0 Å². The number of carbonyl (C=O) groups excluding carboxylic acids is 2. The molecule has 0 unspecified atom stereocenters. The fourth-order valence-electron chi connectivity index (χ4n) is 2.71. The Balaban J connectivity index is 2.34. The Hall–Kier alpha value is -2.84. The summed E-state index contributed by atoms with van der Waals surface area (Å²) in [4.78, 5) is 27.7. The van der Waals surface area contributed by atoms with Crippen LogP contribution in [0.25, 0.3) is 0 Å². The van der Waals surface area contributed by atoms with Crippen molar-refractivity contribution in [1.82, 2.24) is 9.80 Å². The lowest BCUT2D eigenvalue weighted by Gasteiger charge is -2.25. The second-order valence-electron chi connectivity index (χ2n) is 6.87. The van der Waals surface area contributed by atoms with Crippen LogP contribution in [-0.2, 0) is 11.3 Å². The van der Waals surface area contributed by atoms with Gasteiger partial charge in [0.2, 0.25) is 0 Å². The van der Waals surface area contributed by atoms with E-state index in [4.69, 9.17) is 26.8 Å². The number of methoxy groups -OCH3 is 1.